The Morgan fingerprint density at radius 1 is 1.00 bits per heavy atom. The molecule has 3 rings (SSSR count). The van der Waals surface area contributed by atoms with E-state index in [1.165, 1.54) is 16.3 Å². The largest absolute Gasteiger partial charge is 0.309 e. The van der Waals surface area contributed by atoms with Gasteiger partial charge in [-0.15, -0.1) is 0 Å². The molecule has 100 valence electrons. The summed E-state index contributed by atoms with van der Waals surface area (Å²) in [5.41, 5.74) is 1.42. The summed E-state index contributed by atoms with van der Waals surface area (Å²) >= 11 is 0. The molecule has 2 aromatic rings. The minimum Gasteiger partial charge on any atom is -0.309 e. The van der Waals surface area contributed by atoms with Crippen molar-refractivity contribution in [1.82, 2.24) is 10.2 Å². The highest BCUT2D eigenvalue weighted by atomic mass is 15.2. The van der Waals surface area contributed by atoms with Gasteiger partial charge in [0.15, 0.2) is 0 Å². The zero-order valence-corrected chi connectivity index (χ0v) is 11.8. The van der Waals surface area contributed by atoms with E-state index in [0.717, 1.165) is 19.6 Å². The summed E-state index contributed by atoms with van der Waals surface area (Å²) in [6.07, 6.45) is 0. The molecule has 2 unspecified atom stereocenters. The first-order valence-corrected chi connectivity index (χ1v) is 7.17. The third-order valence-corrected chi connectivity index (χ3v) is 3.85. The molecular weight excluding hydrogens is 232 g/mol. The van der Waals surface area contributed by atoms with Gasteiger partial charge in [-0.3, -0.25) is 4.90 Å². The van der Waals surface area contributed by atoms with Crippen molar-refractivity contribution in [3.63, 3.8) is 0 Å². The normalized spacial score (nSPS) is 24.7. The smallest absolute Gasteiger partial charge is 0.0235 e. The van der Waals surface area contributed by atoms with Crippen LogP contribution in [0.2, 0.25) is 0 Å². The van der Waals surface area contributed by atoms with E-state index in [1.807, 2.05) is 0 Å². The van der Waals surface area contributed by atoms with Gasteiger partial charge in [0.1, 0.15) is 0 Å². The van der Waals surface area contributed by atoms with Crippen molar-refractivity contribution in [1.29, 1.82) is 0 Å². The van der Waals surface area contributed by atoms with Crippen molar-refractivity contribution < 1.29 is 0 Å². The molecule has 0 radical (unpaired) electrons. The van der Waals surface area contributed by atoms with E-state index in [9.17, 15) is 0 Å². The van der Waals surface area contributed by atoms with Gasteiger partial charge in [0, 0.05) is 31.7 Å². The number of benzene rings is 2. The van der Waals surface area contributed by atoms with Crippen LogP contribution in [0.1, 0.15) is 19.4 Å². The van der Waals surface area contributed by atoms with Gasteiger partial charge in [0.05, 0.1) is 0 Å². The zero-order chi connectivity index (χ0) is 13.2. The Morgan fingerprint density at radius 2 is 1.68 bits per heavy atom. The lowest BCUT2D eigenvalue weighted by atomic mass is 10.1. The van der Waals surface area contributed by atoms with Gasteiger partial charge in [-0.25, -0.2) is 0 Å². The van der Waals surface area contributed by atoms with Crippen LogP contribution in [-0.2, 0) is 6.54 Å². The quantitative estimate of drug-likeness (QED) is 0.886. The lowest BCUT2D eigenvalue weighted by molar-refractivity contribution is 0.166. The molecule has 2 heteroatoms. The van der Waals surface area contributed by atoms with E-state index in [1.54, 1.807) is 0 Å². The van der Waals surface area contributed by atoms with Crippen LogP contribution in [0.4, 0.5) is 0 Å². The molecule has 1 aliphatic rings. The molecule has 0 saturated carbocycles. The van der Waals surface area contributed by atoms with Gasteiger partial charge in [-0.1, -0.05) is 36.4 Å². The summed E-state index contributed by atoms with van der Waals surface area (Å²) in [5.74, 6) is 0. The molecule has 1 N–H and O–H groups in total. The second kappa shape index (κ2) is 5.32. The topological polar surface area (TPSA) is 15.3 Å². The van der Waals surface area contributed by atoms with E-state index >= 15 is 0 Å². The Hall–Kier alpha value is -1.38. The van der Waals surface area contributed by atoms with Gasteiger partial charge in [-0.2, -0.15) is 0 Å². The fourth-order valence-electron chi connectivity index (χ4n) is 3.16. The van der Waals surface area contributed by atoms with Crippen LogP contribution in [0.25, 0.3) is 10.8 Å². The number of fused-ring (bicyclic) bond motifs is 1. The number of piperazine rings is 1. The lowest BCUT2D eigenvalue weighted by Gasteiger charge is -2.36. The average molecular weight is 254 g/mol. The minimum atomic E-state index is 0.587. The molecule has 1 fully saturated rings. The van der Waals surface area contributed by atoms with Crippen molar-refractivity contribution >= 4 is 10.8 Å². The molecule has 19 heavy (non-hydrogen) atoms. The lowest BCUT2D eigenvalue weighted by Crippen LogP contribution is -2.53. The highest BCUT2D eigenvalue weighted by Gasteiger charge is 2.20. The summed E-state index contributed by atoms with van der Waals surface area (Å²) < 4.78 is 0. The Bertz CT molecular complexity index is 554. The summed E-state index contributed by atoms with van der Waals surface area (Å²) in [4.78, 5) is 2.55. The fourth-order valence-corrected chi connectivity index (χ4v) is 3.16. The molecule has 1 aliphatic heterocycles. The Labute approximate surface area is 115 Å². The van der Waals surface area contributed by atoms with E-state index in [0.29, 0.717) is 12.1 Å². The van der Waals surface area contributed by atoms with Crippen molar-refractivity contribution in [2.75, 3.05) is 13.1 Å². The number of hydrogen-bond acceptors (Lipinski definition) is 2. The van der Waals surface area contributed by atoms with Crippen LogP contribution in [0.15, 0.2) is 42.5 Å². The molecule has 2 atom stereocenters. The Morgan fingerprint density at radius 3 is 2.42 bits per heavy atom. The molecule has 0 spiro atoms. The van der Waals surface area contributed by atoms with Crippen molar-refractivity contribution in [3.05, 3.63) is 48.0 Å². The van der Waals surface area contributed by atoms with E-state index < -0.39 is 0 Å². The van der Waals surface area contributed by atoms with Crippen LogP contribution in [0, 0.1) is 0 Å². The summed E-state index contributed by atoms with van der Waals surface area (Å²) in [6, 6.07) is 16.6. The molecule has 1 heterocycles. The van der Waals surface area contributed by atoms with Gasteiger partial charge >= 0.3 is 0 Å². The maximum atomic E-state index is 3.58. The molecule has 2 aromatic carbocycles. The maximum absolute atomic E-state index is 3.58. The SMILES string of the molecule is CC1CN(Cc2ccc3ccccc3c2)CC(C)N1. The number of hydrogen-bond donors (Lipinski definition) is 1. The highest BCUT2D eigenvalue weighted by Crippen LogP contribution is 2.17. The molecular formula is C17H22N2. The second-order valence-corrected chi connectivity index (χ2v) is 5.84. The third kappa shape index (κ3) is 2.96. The fraction of sp³-hybridized carbons (Fsp3) is 0.412. The van der Waals surface area contributed by atoms with Crippen LogP contribution >= 0.6 is 0 Å². The van der Waals surface area contributed by atoms with Gasteiger partial charge < -0.3 is 5.32 Å². The Balaban J connectivity index is 1.77. The molecule has 2 nitrogen and oxygen atoms in total. The predicted octanol–water partition coefficient (Wildman–Crippen LogP) is 3.02. The summed E-state index contributed by atoms with van der Waals surface area (Å²) in [6.45, 7) is 7.86. The Kier molecular flexibility index (Phi) is 3.54. The predicted molar refractivity (Wildman–Crippen MR) is 81.3 cm³/mol. The standard InChI is InChI=1S/C17H22N2/c1-13-10-19(11-14(2)18-13)12-15-7-8-16-5-3-4-6-17(16)9-15/h3-9,13-14,18H,10-12H2,1-2H3. The number of nitrogens with zero attached hydrogens (tertiary/aromatic N) is 1. The molecule has 0 aromatic heterocycles. The highest BCUT2D eigenvalue weighted by molar-refractivity contribution is 5.82. The van der Waals surface area contributed by atoms with E-state index in [4.69, 9.17) is 0 Å². The first-order chi connectivity index (χ1) is 9.20. The first kappa shape index (κ1) is 12.6. The molecule has 1 saturated heterocycles. The summed E-state index contributed by atoms with van der Waals surface area (Å²) in [7, 11) is 0. The van der Waals surface area contributed by atoms with Gasteiger partial charge in [0.25, 0.3) is 0 Å². The summed E-state index contributed by atoms with van der Waals surface area (Å²) in [5, 5.41) is 6.25. The van der Waals surface area contributed by atoms with Crippen LogP contribution in [0.3, 0.4) is 0 Å². The van der Waals surface area contributed by atoms with Gasteiger partial charge in [-0.05, 0) is 36.2 Å². The maximum Gasteiger partial charge on any atom is 0.0235 e. The number of rotatable bonds is 2. The molecule has 0 amide bonds. The molecule has 0 bridgehead atoms. The van der Waals surface area contributed by atoms with E-state index in [2.05, 4.69) is 66.5 Å². The van der Waals surface area contributed by atoms with Crippen LogP contribution in [0.5, 0.6) is 0 Å². The monoisotopic (exact) mass is 254 g/mol. The van der Waals surface area contributed by atoms with Crippen molar-refractivity contribution in [2.45, 2.75) is 32.5 Å². The van der Waals surface area contributed by atoms with E-state index in [-0.39, 0.29) is 0 Å². The zero-order valence-electron chi connectivity index (χ0n) is 11.8. The third-order valence-electron chi connectivity index (χ3n) is 3.85. The first-order valence-electron chi connectivity index (χ1n) is 7.17. The minimum absolute atomic E-state index is 0.587. The number of nitrogens with one attached hydrogen (secondary N) is 1. The van der Waals surface area contributed by atoms with Crippen LogP contribution in [-0.4, -0.2) is 30.1 Å². The van der Waals surface area contributed by atoms with Gasteiger partial charge in [0.2, 0.25) is 0 Å². The average Bonchev–Trinajstić information content (AvgIpc) is 2.37. The van der Waals surface area contributed by atoms with Crippen molar-refractivity contribution in [2.24, 2.45) is 0 Å². The second-order valence-electron chi connectivity index (χ2n) is 5.84. The van der Waals surface area contributed by atoms with Crippen molar-refractivity contribution in [3.8, 4) is 0 Å². The molecule has 0 aliphatic carbocycles. The van der Waals surface area contributed by atoms with Crippen LogP contribution < -0.4 is 5.32 Å².